The normalized spacial score (nSPS) is 10.8. The van der Waals surface area contributed by atoms with Gasteiger partial charge in [-0.15, -0.1) is 22.7 Å². The average Bonchev–Trinajstić information content (AvgIpc) is 3.17. The molecule has 0 aliphatic rings. The number of amides is 2. The van der Waals surface area contributed by atoms with E-state index in [0.717, 1.165) is 20.5 Å². The second-order valence-electron chi connectivity index (χ2n) is 6.07. The molecule has 3 aromatic rings. The predicted octanol–water partition coefficient (Wildman–Crippen LogP) is 4.72. The average molecular weight is 468 g/mol. The summed E-state index contributed by atoms with van der Waals surface area (Å²) in [5, 5.41) is 7.23. The van der Waals surface area contributed by atoms with E-state index in [1.54, 1.807) is 19.2 Å². The highest BCUT2D eigenvalue weighted by molar-refractivity contribution is 7.80. The monoisotopic (exact) mass is 467 g/mol. The van der Waals surface area contributed by atoms with Gasteiger partial charge in [0.2, 0.25) is 0 Å². The first-order chi connectivity index (χ1) is 13.8. The number of ether oxygens (including phenoxy) is 1. The number of carbonyl (C=O) groups excluding carboxylic acids is 2. The van der Waals surface area contributed by atoms with Gasteiger partial charge in [-0.1, -0.05) is 18.5 Å². The van der Waals surface area contributed by atoms with Gasteiger partial charge in [0.1, 0.15) is 15.6 Å². The zero-order valence-corrected chi connectivity index (χ0v) is 19.0. The molecule has 29 heavy (non-hydrogen) atoms. The Bertz CT molecular complexity index is 1140. The van der Waals surface area contributed by atoms with E-state index in [-0.39, 0.29) is 5.11 Å². The lowest BCUT2D eigenvalue weighted by atomic mass is 10.1. The van der Waals surface area contributed by atoms with Crippen molar-refractivity contribution in [3.8, 4) is 5.75 Å². The van der Waals surface area contributed by atoms with E-state index in [1.165, 1.54) is 22.7 Å². The van der Waals surface area contributed by atoms with Crippen molar-refractivity contribution in [2.24, 2.45) is 5.73 Å². The molecule has 6 nitrogen and oxygen atoms in total. The molecular weight excluding hydrogens is 450 g/mol. The molecule has 0 radical (unpaired) electrons. The van der Waals surface area contributed by atoms with Crippen LogP contribution in [0.2, 0.25) is 5.02 Å². The smallest absolute Gasteiger partial charge is 0.269 e. The van der Waals surface area contributed by atoms with Gasteiger partial charge < -0.3 is 15.8 Å². The minimum atomic E-state index is -0.538. The van der Waals surface area contributed by atoms with Crippen molar-refractivity contribution in [3.05, 3.63) is 44.1 Å². The molecule has 0 saturated carbocycles. The van der Waals surface area contributed by atoms with Crippen LogP contribution in [0.25, 0.3) is 10.1 Å². The Morgan fingerprint density at radius 2 is 2.03 bits per heavy atom. The third-order valence-corrected chi connectivity index (χ3v) is 7.23. The second-order valence-corrected chi connectivity index (χ2v) is 9.14. The van der Waals surface area contributed by atoms with Gasteiger partial charge in [0, 0.05) is 15.0 Å². The Labute approximate surface area is 186 Å². The number of rotatable bonds is 5. The van der Waals surface area contributed by atoms with E-state index in [2.05, 4.69) is 10.6 Å². The topological polar surface area (TPSA) is 93.4 Å². The van der Waals surface area contributed by atoms with Crippen LogP contribution in [0.15, 0.2) is 18.2 Å². The van der Waals surface area contributed by atoms with Gasteiger partial charge in [-0.3, -0.25) is 14.9 Å². The van der Waals surface area contributed by atoms with E-state index in [4.69, 9.17) is 34.3 Å². The SMILES string of the molecule is CCc1c(C)sc(NC(=S)NC(=O)c2sc3cc(OC)ccc3c2Cl)c1C(N)=O. The summed E-state index contributed by atoms with van der Waals surface area (Å²) >= 11 is 14.3. The highest BCUT2D eigenvalue weighted by Gasteiger charge is 2.22. The molecule has 1 aromatic carbocycles. The maximum atomic E-state index is 12.7. The van der Waals surface area contributed by atoms with Crippen LogP contribution in [0, 0.1) is 6.92 Å². The van der Waals surface area contributed by atoms with Crippen molar-refractivity contribution in [3.63, 3.8) is 0 Å². The summed E-state index contributed by atoms with van der Waals surface area (Å²) in [5.74, 6) is -0.292. The minimum absolute atomic E-state index is 0.0625. The number of hydrogen-bond acceptors (Lipinski definition) is 6. The number of thiocarbonyl (C=S) groups is 1. The number of hydrogen-bond donors (Lipinski definition) is 3. The van der Waals surface area contributed by atoms with Gasteiger partial charge in [-0.05, 0) is 49.3 Å². The van der Waals surface area contributed by atoms with E-state index in [1.807, 2.05) is 19.9 Å². The van der Waals surface area contributed by atoms with E-state index in [0.29, 0.717) is 32.6 Å². The van der Waals surface area contributed by atoms with E-state index >= 15 is 0 Å². The summed E-state index contributed by atoms with van der Waals surface area (Å²) in [4.78, 5) is 25.9. The Hall–Kier alpha value is -2.20. The molecule has 3 rings (SSSR count). The summed E-state index contributed by atoms with van der Waals surface area (Å²) in [6.07, 6.45) is 0.669. The van der Waals surface area contributed by atoms with Gasteiger partial charge in [-0.25, -0.2) is 0 Å². The van der Waals surface area contributed by atoms with Crippen molar-refractivity contribution < 1.29 is 14.3 Å². The lowest BCUT2D eigenvalue weighted by Gasteiger charge is -2.09. The van der Waals surface area contributed by atoms with Crippen LogP contribution in [0.5, 0.6) is 5.75 Å². The summed E-state index contributed by atoms with van der Waals surface area (Å²) < 4.78 is 6.04. The molecule has 0 spiro atoms. The number of aryl methyl sites for hydroxylation is 1. The number of primary amides is 1. The van der Waals surface area contributed by atoms with Gasteiger partial charge in [0.25, 0.3) is 11.8 Å². The highest BCUT2D eigenvalue weighted by atomic mass is 35.5. The standard InChI is InChI=1S/C19H18ClN3O3S3/c1-4-10-8(2)28-18(13(10)16(21)24)23-19(27)22-17(25)15-14(20)11-6-5-9(26-3)7-12(11)29-15/h5-7H,4H2,1-3H3,(H2,21,24)(H2,22,23,25,27). The minimum Gasteiger partial charge on any atom is -0.497 e. The van der Waals surface area contributed by atoms with Gasteiger partial charge in [-0.2, -0.15) is 0 Å². The molecule has 0 unspecified atom stereocenters. The Morgan fingerprint density at radius 1 is 1.31 bits per heavy atom. The first-order valence-corrected chi connectivity index (χ1v) is 11.0. The number of fused-ring (bicyclic) bond motifs is 1. The molecule has 0 fully saturated rings. The number of halogens is 1. The second kappa shape index (κ2) is 8.66. The van der Waals surface area contributed by atoms with E-state index < -0.39 is 11.8 Å². The molecule has 0 bridgehead atoms. The van der Waals surface area contributed by atoms with Gasteiger partial charge >= 0.3 is 0 Å². The summed E-state index contributed by atoms with van der Waals surface area (Å²) in [5.41, 5.74) is 6.81. The van der Waals surface area contributed by atoms with Crippen LogP contribution in [-0.2, 0) is 6.42 Å². The van der Waals surface area contributed by atoms with Crippen LogP contribution >= 0.6 is 46.5 Å². The zero-order chi connectivity index (χ0) is 21.3. The van der Waals surface area contributed by atoms with Crippen molar-refractivity contribution in [2.45, 2.75) is 20.3 Å². The number of benzene rings is 1. The lowest BCUT2D eigenvalue weighted by Crippen LogP contribution is -2.34. The number of nitrogens with two attached hydrogens (primary N) is 1. The molecular formula is C19H18ClN3O3S3. The number of methoxy groups -OCH3 is 1. The van der Waals surface area contributed by atoms with Crippen molar-refractivity contribution >= 4 is 78.5 Å². The first-order valence-electron chi connectivity index (χ1n) is 8.57. The Kier molecular flexibility index (Phi) is 6.42. The fourth-order valence-corrected chi connectivity index (χ4v) is 5.82. The number of nitrogens with one attached hydrogen (secondary N) is 2. The first kappa shape index (κ1) is 21.5. The molecule has 2 amide bonds. The molecule has 0 aliphatic heterocycles. The fourth-order valence-electron chi connectivity index (χ4n) is 2.97. The largest absolute Gasteiger partial charge is 0.497 e. The molecule has 2 heterocycles. The summed E-state index contributed by atoms with van der Waals surface area (Å²) in [6, 6.07) is 5.41. The van der Waals surface area contributed by atoms with Crippen LogP contribution in [0.4, 0.5) is 5.00 Å². The summed E-state index contributed by atoms with van der Waals surface area (Å²) in [6.45, 7) is 3.86. The highest BCUT2D eigenvalue weighted by Crippen LogP contribution is 2.37. The van der Waals surface area contributed by atoms with Crippen molar-refractivity contribution in [1.82, 2.24) is 5.32 Å². The van der Waals surface area contributed by atoms with Crippen LogP contribution in [0.1, 0.15) is 37.4 Å². The number of carbonyl (C=O) groups is 2. The van der Waals surface area contributed by atoms with Gasteiger partial charge in [0.05, 0.1) is 17.7 Å². The number of thiophene rings is 2. The third kappa shape index (κ3) is 4.23. The maximum Gasteiger partial charge on any atom is 0.269 e. The molecule has 2 aromatic heterocycles. The molecule has 4 N–H and O–H groups in total. The quantitative estimate of drug-likeness (QED) is 0.472. The zero-order valence-electron chi connectivity index (χ0n) is 15.8. The predicted molar refractivity (Wildman–Crippen MR) is 124 cm³/mol. The molecule has 0 aliphatic carbocycles. The van der Waals surface area contributed by atoms with Crippen LogP contribution in [0.3, 0.4) is 0 Å². The molecule has 152 valence electrons. The third-order valence-electron chi connectivity index (χ3n) is 4.31. The van der Waals surface area contributed by atoms with Gasteiger partial charge in [0.15, 0.2) is 5.11 Å². The molecule has 10 heteroatoms. The van der Waals surface area contributed by atoms with E-state index in [9.17, 15) is 9.59 Å². The van der Waals surface area contributed by atoms with Crippen molar-refractivity contribution in [2.75, 3.05) is 12.4 Å². The Balaban J connectivity index is 1.82. The molecule has 0 atom stereocenters. The lowest BCUT2D eigenvalue weighted by molar-refractivity contribution is 0.0979. The Morgan fingerprint density at radius 3 is 2.66 bits per heavy atom. The van der Waals surface area contributed by atoms with Crippen LogP contribution < -0.4 is 21.1 Å². The van der Waals surface area contributed by atoms with Crippen LogP contribution in [-0.4, -0.2) is 24.0 Å². The molecule has 0 saturated heterocycles. The maximum absolute atomic E-state index is 12.7. The number of anilines is 1. The fraction of sp³-hybridized carbons (Fsp3) is 0.211. The summed E-state index contributed by atoms with van der Waals surface area (Å²) in [7, 11) is 1.57. The van der Waals surface area contributed by atoms with Crippen molar-refractivity contribution in [1.29, 1.82) is 0 Å².